The van der Waals surface area contributed by atoms with Crippen molar-refractivity contribution >= 4 is 10.4 Å². The Kier molecular flexibility index (Phi) is 4.23. The van der Waals surface area contributed by atoms with Crippen LogP contribution in [0.25, 0.3) is 0 Å². The van der Waals surface area contributed by atoms with Crippen LogP contribution in [0.3, 0.4) is 0 Å². The second-order valence-corrected chi connectivity index (χ2v) is 6.12. The summed E-state index contributed by atoms with van der Waals surface area (Å²) >= 11 is 0. The minimum atomic E-state index is -4.17. The van der Waals surface area contributed by atoms with Crippen LogP contribution in [0.2, 0.25) is 0 Å². The summed E-state index contributed by atoms with van der Waals surface area (Å²) in [5, 5.41) is 0. The second-order valence-electron chi connectivity index (χ2n) is 4.97. The van der Waals surface area contributed by atoms with Gasteiger partial charge in [-0.05, 0) is 62.1 Å². The Hall–Kier alpha value is -2.01. The maximum Gasteiger partial charge on any atom is 0.501 e. The van der Waals surface area contributed by atoms with E-state index in [-0.39, 0.29) is 11.5 Å². The molecule has 0 aliphatic carbocycles. The largest absolute Gasteiger partial charge is 0.501 e. The Bertz CT molecular complexity index is 704. The van der Waals surface area contributed by atoms with E-state index in [9.17, 15) is 8.42 Å². The molecular weight excluding hydrogens is 288 g/mol. The second kappa shape index (κ2) is 5.77. The minimum Gasteiger partial charge on any atom is -0.353 e. The summed E-state index contributed by atoms with van der Waals surface area (Å²) in [6, 6.07) is 10.5. The predicted octanol–water partition coefficient (Wildman–Crippen LogP) is 3.62. The molecule has 5 heteroatoms. The molecular formula is C16H18O4S. The molecule has 0 spiro atoms. The van der Waals surface area contributed by atoms with E-state index in [4.69, 9.17) is 8.37 Å². The summed E-state index contributed by atoms with van der Waals surface area (Å²) in [6.07, 6.45) is 0. The van der Waals surface area contributed by atoms with Crippen LogP contribution in [0.15, 0.2) is 36.4 Å². The number of hydrogen-bond donors (Lipinski definition) is 0. The van der Waals surface area contributed by atoms with Gasteiger partial charge in [0.1, 0.15) is 11.5 Å². The van der Waals surface area contributed by atoms with E-state index in [1.165, 1.54) is 0 Å². The normalized spacial score (nSPS) is 11.2. The molecule has 0 saturated heterocycles. The zero-order valence-electron chi connectivity index (χ0n) is 12.5. The van der Waals surface area contributed by atoms with Crippen LogP contribution < -0.4 is 8.37 Å². The molecule has 2 rings (SSSR count). The van der Waals surface area contributed by atoms with Gasteiger partial charge in [0.25, 0.3) is 0 Å². The molecule has 21 heavy (non-hydrogen) atoms. The molecule has 0 heterocycles. The van der Waals surface area contributed by atoms with E-state index >= 15 is 0 Å². The number of rotatable bonds is 4. The van der Waals surface area contributed by atoms with E-state index in [0.717, 1.165) is 22.3 Å². The predicted molar refractivity (Wildman–Crippen MR) is 82.0 cm³/mol. The minimum absolute atomic E-state index is 0.278. The van der Waals surface area contributed by atoms with Crippen molar-refractivity contribution in [3.63, 3.8) is 0 Å². The molecule has 0 aliphatic rings. The SMILES string of the molecule is Cc1cccc(OS(=O)(=O)Oc2cccc(C)c2C)c1C. The highest BCUT2D eigenvalue weighted by molar-refractivity contribution is 7.82. The highest BCUT2D eigenvalue weighted by Crippen LogP contribution is 2.26. The Morgan fingerprint density at radius 1 is 0.714 bits per heavy atom. The number of aryl methyl sites for hydroxylation is 2. The highest BCUT2D eigenvalue weighted by Gasteiger charge is 2.19. The summed E-state index contributed by atoms with van der Waals surface area (Å²) in [4.78, 5) is 0. The van der Waals surface area contributed by atoms with Crippen LogP contribution in [0, 0.1) is 27.7 Å². The summed E-state index contributed by atoms with van der Waals surface area (Å²) in [5.74, 6) is 0.556. The molecule has 0 aromatic heterocycles. The van der Waals surface area contributed by atoms with E-state index in [2.05, 4.69) is 0 Å². The summed E-state index contributed by atoms with van der Waals surface area (Å²) in [5.41, 5.74) is 3.44. The van der Waals surface area contributed by atoms with Crippen LogP contribution in [-0.2, 0) is 10.4 Å². The average molecular weight is 306 g/mol. The van der Waals surface area contributed by atoms with Crippen LogP contribution in [0.1, 0.15) is 22.3 Å². The summed E-state index contributed by atoms with van der Waals surface area (Å²) in [7, 11) is -4.17. The van der Waals surface area contributed by atoms with Crippen molar-refractivity contribution in [1.82, 2.24) is 0 Å². The third-order valence-corrected chi connectivity index (χ3v) is 4.26. The maximum atomic E-state index is 12.1. The fourth-order valence-corrected chi connectivity index (χ4v) is 2.70. The lowest BCUT2D eigenvalue weighted by molar-refractivity contribution is 0.390. The lowest BCUT2D eigenvalue weighted by Crippen LogP contribution is -2.17. The molecule has 0 radical (unpaired) electrons. The molecule has 0 N–H and O–H groups in total. The standard InChI is InChI=1S/C16H18O4S/c1-11-7-5-9-15(13(11)3)19-21(17,18)20-16-10-6-8-12(2)14(16)4/h5-10H,1-4H3. The molecule has 112 valence electrons. The Balaban J connectivity index is 2.27. The lowest BCUT2D eigenvalue weighted by Gasteiger charge is -2.13. The van der Waals surface area contributed by atoms with Crippen molar-refractivity contribution in [2.75, 3.05) is 0 Å². The van der Waals surface area contributed by atoms with Crippen molar-refractivity contribution in [2.24, 2.45) is 0 Å². The van der Waals surface area contributed by atoms with Gasteiger partial charge in [0, 0.05) is 0 Å². The fraction of sp³-hybridized carbons (Fsp3) is 0.250. The average Bonchev–Trinajstić information content (AvgIpc) is 2.40. The first kappa shape index (κ1) is 15.4. The molecule has 0 fully saturated rings. The molecule has 0 aliphatic heterocycles. The first-order valence-corrected chi connectivity index (χ1v) is 7.90. The zero-order valence-corrected chi connectivity index (χ0v) is 13.3. The van der Waals surface area contributed by atoms with Gasteiger partial charge >= 0.3 is 10.4 Å². The molecule has 0 bridgehead atoms. The smallest absolute Gasteiger partial charge is 0.353 e. The Morgan fingerprint density at radius 3 is 1.48 bits per heavy atom. The first-order chi connectivity index (χ1) is 9.80. The molecule has 4 nitrogen and oxygen atoms in total. The van der Waals surface area contributed by atoms with Gasteiger partial charge in [0.05, 0.1) is 0 Å². The van der Waals surface area contributed by atoms with E-state index in [0.29, 0.717) is 0 Å². The number of benzene rings is 2. The summed E-state index contributed by atoms with van der Waals surface area (Å²) in [6.45, 7) is 7.39. The third kappa shape index (κ3) is 3.55. The first-order valence-electron chi connectivity index (χ1n) is 6.56. The molecule has 2 aromatic rings. The van der Waals surface area contributed by atoms with E-state index in [1.807, 2.05) is 26.0 Å². The third-order valence-electron chi connectivity index (χ3n) is 3.49. The van der Waals surface area contributed by atoms with Crippen LogP contribution in [0.5, 0.6) is 11.5 Å². The molecule has 0 saturated carbocycles. The van der Waals surface area contributed by atoms with Gasteiger partial charge in [0.15, 0.2) is 0 Å². The van der Waals surface area contributed by atoms with Gasteiger partial charge in [-0.15, -0.1) is 8.42 Å². The van der Waals surface area contributed by atoms with E-state index < -0.39 is 10.4 Å². The van der Waals surface area contributed by atoms with Gasteiger partial charge < -0.3 is 8.37 Å². The topological polar surface area (TPSA) is 52.6 Å². The maximum absolute atomic E-state index is 12.1. The van der Waals surface area contributed by atoms with Gasteiger partial charge in [-0.25, -0.2) is 0 Å². The molecule has 2 aromatic carbocycles. The van der Waals surface area contributed by atoms with Crippen molar-refractivity contribution in [1.29, 1.82) is 0 Å². The quantitative estimate of drug-likeness (QED) is 0.865. The van der Waals surface area contributed by atoms with Crippen LogP contribution in [-0.4, -0.2) is 8.42 Å². The zero-order chi connectivity index (χ0) is 15.6. The van der Waals surface area contributed by atoms with Crippen LogP contribution in [0.4, 0.5) is 0 Å². The van der Waals surface area contributed by atoms with Crippen LogP contribution >= 0.6 is 0 Å². The van der Waals surface area contributed by atoms with Crippen molar-refractivity contribution in [2.45, 2.75) is 27.7 Å². The van der Waals surface area contributed by atoms with Crippen molar-refractivity contribution in [3.8, 4) is 11.5 Å². The van der Waals surface area contributed by atoms with Crippen molar-refractivity contribution < 1.29 is 16.8 Å². The molecule has 0 amide bonds. The Labute approximate surface area is 125 Å². The van der Waals surface area contributed by atoms with Gasteiger partial charge in [-0.1, -0.05) is 24.3 Å². The van der Waals surface area contributed by atoms with Crippen molar-refractivity contribution in [3.05, 3.63) is 58.7 Å². The monoisotopic (exact) mass is 306 g/mol. The fourth-order valence-electron chi connectivity index (χ4n) is 1.87. The lowest BCUT2D eigenvalue weighted by atomic mass is 10.1. The molecule has 0 unspecified atom stereocenters. The van der Waals surface area contributed by atoms with Gasteiger partial charge in [0.2, 0.25) is 0 Å². The van der Waals surface area contributed by atoms with E-state index in [1.54, 1.807) is 38.1 Å². The summed E-state index contributed by atoms with van der Waals surface area (Å²) < 4.78 is 34.2. The van der Waals surface area contributed by atoms with Gasteiger partial charge in [-0.3, -0.25) is 0 Å². The number of hydrogen-bond acceptors (Lipinski definition) is 4. The van der Waals surface area contributed by atoms with Gasteiger partial charge in [-0.2, -0.15) is 0 Å². The highest BCUT2D eigenvalue weighted by atomic mass is 32.3. The molecule has 0 atom stereocenters. The Morgan fingerprint density at radius 2 is 1.10 bits per heavy atom.